The average Bonchev–Trinajstić information content (AvgIpc) is 2.72. The fourth-order valence-electron chi connectivity index (χ4n) is 4.05. The molecule has 0 amide bonds. The van der Waals surface area contributed by atoms with Crippen LogP contribution in [0.4, 0.5) is 4.39 Å². The normalized spacial score (nSPS) is 20.1. The summed E-state index contributed by atoms with van der Waals surface area (Å²) in [5.74, 6) is 1.33. The van der Waals surface area contributed by atoms with E-state index in [0.717, 1.165) is 48.9 Å². The van der Waals surface area contributed by atoms with Gasteiger partial charge in [-0.15, -0.1) is 0 Å². The van der Waals surface area contributed by atoms with E-state index in [4.69, 9.17) is 14.5 Å². The summed E-state index contributed by atoms with van der Waals surface area (Å²) in [5.41, 5.74) is 1.64. The maximum atomic E-state index is 13.9. The number of hydrogen-bond donors (Lipinski definition) is 2. The summed E-state index contributed by atoms with van der Waals surface area (Å²) in [6.07, 6.45) is 5.71. The maximum Gasteiger partial charge on any atom is 0.191 e. The summed E-state index contributed by atoms with van der Waals surface area (Å²) >= 11 is 0. The van der Waals surface area contributed by atoms with Gasteiger partial charge in [0.2, 0.25) is 0 Å². The van der Waals surface area contributed by atoms with Crippen LogP contribution >= 0.6 is 0 Å². The molecule has 0 aromatic heterocycles. The Hall–Kier alpha value is -1.86. The zero-order valence-corrected chi connectivity index (χ0v) is 17.8. The number of fused-ring (bicyclic) bond motifs is 1. The molecule has 29 heavy (non-hydrogen) atoms. The molecule has 1 aromatic rings. The Kier molecular flexibility index (Phi) is 8.55. The highest BCUT2D eigenvalue weighted by Crippen LogP contribution is 2.29. The minimum absolute atomic E-state index is 0.221. The van der Waals surface area contributed by atoms with Crippen LogP contribution in [0.2, 0.25) is 0 Å². The fourth-order valence-corrected chi connectivity index (χ4v) is 4.05. The second-order valence-electron chi connectivity index (χ2n) is 7.84. The topological polar surface area (TPSA) is 58.1 Å². The van der Waals surface area contributed by atoms with Crippen LogP contribution in [0.5, 0.6) is 5.75 Å². The molecule has 162 valence electrons. The van der Waals surface area contributed by atoms with Crippen molar-refractivity contribution in [2.24, 2.45) is 4.99 Å². The lowest BCUT2D eigenvalue weighted by atomic mass is 10.0. The monoisotopic (exact) mass is 406 g/mol. The number of nitrogens with zero attached hydrogens (tertiary/aromatic N) is 2. The standard InChI is InChI=1S/C22H35FN4O2/c1-3-24-22(25-9-6-12-27-11-5-4-7-17(27)2)26-10-8-18-13-20(23)14-19-15-28-16-29-21(18)19/h13-14,17H,3-12,15-16H2,1-2H3,(H2,24,25,26). The van der Waals surface area contributed by atoms with E-state index in [1.807, 2.05) is 0 Å². The summed E-state index contributed by atoms with van der Waals surface area (Å²) < 4.78 is 24.7. The Balaban J connectivity index is 1.47. The zero-order valence-electron chi connectivity index (χ0n) is 17.8. The molecule has 1 fully saturated rings. The lowest BCUT2D eigenvalue weighted by Gasteiger charge is -2.33. The molecule has 1 saturated heterocycles. The van der Waals surface area contributed by atoms with E-state index < -0.39 is 0 Å². The van der Waals surface area contributed by atoms with Crippen molar-refractivity contribution in [2.75, 3.05) is 39.5 Å². The summed E-state index contributed by atoms with van der Waals surface area (Å²) in [4.78, 5) is 7.28. The van der Waals surface area contributed by atoms with E-state index in [1.165, 1.54) is 31.9 Å². The zero-order chi connectivity index (χ0) is 20.5. The van der Waals surface area contributed by atoms with Gasteiger partial charge in [0.25, 0.3) is 0 Å². The molecule has 7 heteroatoms. The Labute approximate surface area is 173 Å². The fraction of sp³-hybridized carbons (Fsp3) is 0.682. The lowest BCUT2D eigenvalue weighted by molar-refractivity contribution is -0.0172. The first kappa shape index (κ1) is 21.8. The van der Waals surface area contributed by atoms with Crippen LogP contribution in [0.3, 0.4) is 0 Å². The lowest BCUT2D eigenvalue weighted by Crippen LogP contribution is -2.39. The molecule has 0 bridgehead atoms. The van der Waals surface area contributed by atoms with Crippen LogP contribution in [-0.2, 0) is 17.8 Å². The summed E-state index contributed by atoms with van der Waals surface area (Å²) in [6, 6.07) is 3.74. The van der Waals surface area contributed by atoms with Gasteiger partial charge in [-0.05, 0) is 63.8 Å². The number of hydrogen-bond acceptors (Lipinski definition) is 4. The molecular formula is C22H35FN4O2. The highest BCUT2D eigenvalue weighted by Gasteiger charge is 2.18. The molecule has 0 saturated carbocycles. The van der Waals surface area contributed by atoms with Crippen molar-refractivity contribution in [2.45, 2.75) is 58.6 Å². The average molecular weight is 407 g/mol. The summed E-state index contributed by atoms with van der Waals surface area (Å²) in [7, 11) is 0. The molecule has 2 aliphatic heterocycles. The first-order chi connectivity index (χ1) is 14.2. The first-order valence-electron chi connectivity index (χ1n) is 11.0. The van der Waals surface area contributed by atoms with Gasteiger partial charge >= 0.3 is 0 Å². The molecule has 2 N–H and O–H groups in total. The second kappa shape index (κ2) is 11.4. The van der Waals surface area contributed by atoms with Gasteiger partial charge in [0.15, 0.2) is 12.8 Å². The van der Waals surface area contributed by atoms with Crippen molar-refractivity contribution in [3.63, 3.8) is 0 Å². The maximum absolute atomic E-state index is 13.9. The van der Waals surface area contributed by atoms with Gasteiger partial charge in [-0.3, -0.25) is 4.99 Å². The second-order valence-corrected chi connectivity index (χ2v) is 7.84. The van der Waals surface area contributed by atoms with Gasteiger partial charge in [-0.1, -0.05) is 6.42 Å². The number of aliphatic imine (C=N–C) groups is 1. The molecule has 1 unspecified atom stereocenters. The SMILES string of the molecule is CCNC(=NCCCN1CCCCC1C)NCCc1cc(F)cc2c1OCOC2. The number of nitrogens with one attached hydrogen (secondary N) is 2. The largest absolute Gasteiger partial charge is 0.467 e. The van der Waals surface area contributed by atoms with E-state index in [1.54, 1.807) is 6.07 Å². The van der Waals surface area contributed by atoms with E-state index >= 15 is 0 Å². The molecule has 2 heterocycles. The van der Waals surface area contributed by atoms with E-state index in [2.05, 4.69) is 29.4 Å². The third-order valence-corrected chi connectivity index (χ3v) is 5.60. The van der Waals surface area contributed by atoms with Crippen LogP contribution in [0, 0.1) is 5.82 Å². The van der Waals surface area contributed by atoms with Crippen LogP contribution < -0.4 is 15.4 Å². The van der Waals surface area contributed by atoms with Crippen molar-refractivity contribution in [3.8, 4) is 5.75 Å². The van der Waals surface area contributed by atoms with Gasteiger partial charge in [0.05, 0.1) is 6.61 Å². The number of ether oxygens (including phenoxy) is 2. The van der Waals surface area contributed by atoms with Crippen molar-refractivity contribution < 1.29 is 13.9 Å². The summed E-state index contributed by atoms with van der Waals surface area (Å²) in [5, 5.41) is 6.65. The van der Waals surface area contributed by atoms with Crippen LogP contribution in [0.1, 0.15) is 50.7 Å². The highest BCUT2D eigenvalue weighted by atomic mass is 19.1. The minimum Gasteiger partial charge on any atom is -0.467 e. The predicted molar refractivity (Wildman–Crippen MR) is 114 cm³/mol. The molecule has 0 aliphatic carbocycles. The molecular weight excluding hydrogens is 371 g/mol. The van der Waals surface area contributed by atoms with E-state index in [0.29, 0.717) is 25.6 Å². The minimum atomic E-state index is -0.250. The number of benzene rings is 1. The molecule has 0 radical (unpaired) electrons. The van der Waals surface area contributed by atoms with Crippen molar-refractivity contribution >= 4 is 5.96 Å². The molecule has 6 nitrogen and oxygen atoms in total. The molecule has 1 aromatic carbocycles. The smallest absolute Gasteiger partial charge is 0.191 e. The van der Waals surface area contributed by atoms with Gasteiger partial charge in [0, 0.05) is 37.8 Å². The van der Waals surface area contributed by atoms with Crippen molar-refractivity contribution in [1.29, 1.82) is 0 Å². The highest BCUT2D eigenvalue weighted by molar-refractivity contribution is 5.79. The molecule has 3 rings (SSSR count). The Bertz CT molecular complexity index is 683. The summed E-state index contributed by atoms with van der Waals surface area (Å²) in [6.45, 7) is 9.60. The third kappa shape index (κ3) is 6.57. The number of rotatable bonds is 8. The van der Waals surface area contributed by atoms with Gasteiger partial charge in [-0.25, -0.2) is 4.39 Å². The predicted octanol–water partition coefficient (Wildman–Crippen LogP) is 3.05. The Morgan fingerprint density at radius 2 is 2.21 bits per heavy atom. The van der Waals surface area contributed by atoms with Gasteiger partial charge in [-0.2, -0.15) is 0 Å². The Morgan fingerprint density at radius 1 is 1.31 bits per heavy atom. The van der Waals surface area contributed by atoms with Crippen molar-refractivity contribution in [3.05, 3.63) is 29.1 Å². The molecule has 2 aliphatic rings. The number of likely N-dealkylation sites (tertiary alicyclic amines) is 1. The number of piperidine rings is 1. The van der Waals surface area contributed by atoms with E-state index in [-0.39, 0.29) is 12.6 Å². The van der Waals surface area contributed by atoms with E-state index in [9.17, 15) is 4.39 Å². The van der Waals surface area contributed by atoms with Gasteiger partial charge in [0.1, 0.15) is 11.6 Å². The quantitative estimate of drug-likeness (QED) is 0.395. The third-order valence-electron chi connectivity index (χ3n) is 5.60. The van der Waals surface area contributed by atoms with Crippen LogP contribution in [0.15, 0.2) is 17.1 Å². The van der Waals surface area contributed by atoms with Crippen molar-refractivity contribution in [1.82, 2.24) is 15.5 Å². The molecule has 0 spiro atoms. The Morgan fingerprint density at radius 3 is 3.03 bits per heavy atom. The molecule has 1 atom stereocenters. The first-order valence-corrected chi connectivity index (χ1v) is 11.0. The number of guanidine groups is 1. The van der Waals surface area contributed by atoms with Gasteiger partial charge < -0.3 is 25.0 Å². The number of halogens is 1. The van der Waals surface area contributed by atoms with Crippen LogP contribution in [0.25, 0.3) is 0 Å². The van der Waals surface area contributed by atoms with Crippen LogP contribution in [-0.4, -0.2) is 56.4 Å².